The molecule has 6 heterocycles. The number of nitrogens with two attached hydrogens (primary N) is 1. The molecule has 0 aliphatic carbocycles. The zero-order valence-electron chi connectivity index (χ0n) is 33.8. The summed E-state index contributed by atoms with van der Waals surface area (Å²) in [6.07, 6.45) is 5.75. The van der Waals surface area contributed by atoms with Crippen LogP contribution in [0.1, 0.15) is 95.4 Å². The van der Waals surface area contributed by atoms with E-state index >= 15 is 0 Å². The maximum absolute atomic E-state index is 9.20. The van der Waals surface area contributed by atoms with Crippen LogP contribution in [0.25, 0.3) is 0 Å². The molecule has 3 aliphatic rings. The van der Waals surface area contributed by atoms with Crippen molar-refractivity contribution in [3.8, 4) is 0 Å². The lowest BCUT2D eigenvalue weighted by Gasteiger charge is -2.20. The highest BCUT2D eigenvalue weighted by Gasteiger charge is 2.24. The van der Waals surface area contributed by atoms with Crippen LogP contribution < -0.4 is 11.1 Å². The molecule has 3 saturated heterocycles. The minimum atomic E-state index is 0.0213. The van der Waals surface area contributed by atoms with E-state index < -0.39 is 0 Å². The van der Waals surface area contributed by atoms with Gasteiger partial charge in [0, 0.05) is 81.0 Å². The lowest BCUT2D eigenvalue weighted by Crippen LogP contribution is -2.23. The van der Waals surface area contributed by atoms with Gasteiger partial charge in [-0.25, -0.2) is 4.98 Å². The summed E-state index contributed by atoms with van der Waals surface area (Å²) < 4.78 is 16.8. The summed E-state index contributed by atoms with van der Waals surface area (Å²) in [5, 5.41) is 37.9. The molecular weight excluding hydrogens is 702 g/mol. The second-order valence-corrected chi connectivity index (χ2v) is 14.2. The summed E-state index contributed by atoms with van der Waals surface area (Å²) in [6, 6.07) is 12.1. The minimum Gasteiger partial charge on any atom is -0.395 e. The first-order valence-corrected chi connectivity index (χ1v) is 19.6. The third-order valence-corrected chi connectivity index (χ3v) is 9.57. The van der Waals surface area contributed by atoms with Crippen LogP contribution in [-0.2, 0) is 33.9 Å². The van der Waals surface area contributed by atoms with Crippen molar-refractivity contribution >= 4 is 5.82 Å². The highest BCUT2D eigenvalue weighted by atomic mass is 16.5. The van der Waals surface area contributed by atoms with Gasteiger partial charge < -0.3 is 45.7 Å². The van der Waals surface area contributed by atoms with E-state index in [1.807, 2.05) is 57.1 Å². The van der Waals surface area contributed by atoms with Gasteiger partial charge in [0.2, 0.25) is 0 Å². The Bertz CT molecular complexity index is 1420. The number of hydrogen-bond donors (Lipinski definition) is 6. The molecule has 0 aromatic carbocycles. The van der Waals surface area contributed by atoms with Crippen molar-refractivity contribution in [2.75, 3.05) is 92.8 Å². The SMILES string of the molecule is CN(CCO)Cc1nc(N)ccc1C1CCCO1.CNCCO.Cc1ccc(C2CCCO2)c(CN(C)CCO)n1.Cc1ccc(C2CCOC2)c(CO)n1. The van der Waals surface area contributed by atoms with Gasteiger partial charge >= 0.3 is 0 Å². The smallest absolute Gasteiger partial charge is 0.123 e. The summed E-state index contributed by atoms with van der Waals surface area (Å²) in [7, 11) is 5.76. The summed E-state index contributed by atoms with van der Waals surface area (Å²) >= 11 is 0. The average molecular weight is 770 g/mol. The number of likely N-dealkylation sites (N-methyl/N-ethyl adjacent to an activating group) is 3. The van der Waals surface area contributed by atoms with Crippen molar-refractivity contribution in [3.05, 3.63) is 81.6 Å². The molecule has 3 aliphatic heterocycles. The van der Waals surface area contributed by atoms with Gasteiger partial charge in [0.25, 0.3) is 0 Å². The molecule has 0 amide bonds. The number of nitrogens with one attached hydrogen (secondary N) is 1. The number of pyridine rings is 3. The van der Waals surface area contributed by atoms with Crippen molar-refractivity contribution < 1.29 is 34.6 Å². The second kappa shape index (κ2) is 25.9. The van der Waals surface area contributed by atoms with E-state index in [0.717, 1.165) is 105 Å². The number of aliphatic hydroxyl groups is 4. The number of aryl methyl sites for hydroxylation is 2. The van der Waals surface area contributed by atoms with Gasteiger partial charge in [0.1, 0.15) is 5.82 Å². The molecule has 0 spiro atoms. The van der Waals surface area contributed by atoms with Gasteiger partial charge in [-0.1, -0.05) is 18.2 Å². The lowest BCUT2D eigenvalue weighted by atomic mass is 9.97. The summed E-state index contributed by atoms with van der Waals surface area (Å²) in [5.41, 5.74) is 14.1. The number of ether oxygens (including phenoxy) is 3. The van der Waals surface area contributed by atoms with Crippen molar-refractivity contribution in [1.82, 2.24) is 30.1 Å². The third kappa shape index (κ3) is 16.1. The van der Waals surface area contributed by atoms with E-state index in [0.29, 0.717) is 37.9 Å². The summed E-state index contributed by atoms with van der Waals surface area (Å²) in [5.74, 6) is 0.953. The molecule has 3 aromatic heterocycles. The Kier molecular flexibility index (Phi) is 21.8. The zero-order chi connectivity index (χ0) is 40.0. The zero-order valence-corrected chi connectivity index (χ0v) is 33.8. The Labute approximate surface area is 328 Å². The van der Waals surface area contributed by atoms with E-state index in [1.165, 1.54) is 5.56 Å². The van der Waals surface area contributed by atoms with E-state index in [4.69, 9.17) is 35.3 Å². The maximum atomic E-state index is 9.20. The highest BCUT2D eigenvalue weighted by Crippen LogP contribution is 2.32. The quantitative estimate of drug-likeness (QED) is 0.140. The third-order valence-electron chi connectivity index (χ3n) is 9.57. The number of anilines is 1. The molecule has 0 saturated carbocycles. The summed E-state index contributed by atoms with van der Waals surface area (Å²) in [4.78, 5) is 17.5. The molecule has 0 radical (unpaired) electrons. The van der Waals surface area contributed by atoms with Gasteiger partial charge in [-0.3, -0.25) is 19.8 Å². The van der Waals surface area contributed by atoms with E-state index in [1.54, 1.807) is 7.05 Å². The van der Waals surface area contributed by atoms with Gasteiger partial charge in [-0.15, -0.1) is 0 Å². The van der Waals surface area contributed by atoms with E-state index in [9.17, 15) is 5.11 Å². The monoisotopic (exact) mass is 770 g/mol. The molecule has 7 N–H and O–H groups in total. The van der Waals surface area contributed by atoms with Crippen molar-refractivity contribution in [2.45, 2.75) is 83.8 Å². The van der Waals surface area contributed by atoms with Gasteiger partial charge in [-0.05, 0) is 90.9 Å². The molecule has 14 heteroatoms. The number of rotatable bonds is 14. The Morgan fingerprint density at radius 2 is 1.22 bits per heavy atom. The second-order valence-electron chi connectivity index (χ2n) is 14.2. The first kappa shape index (κ1) is 46.2. The number of nitrogens with zero attached hydrogens (tertiary/aromatic N) is 5. The molecule has 308 valence electrons. The van der Waals surface area contributed by atoms with Crippen molar-refractivity contribution in [1.29, 1.82) is 0 Å². The van der Waals surface area contributed by atoms with E-state index in [2.05, 4.69) is 37.3 Å². The Morgan fingerprint density at radius 1 is 0.691 bits per heavy atom. The number of hydrogen-bond acceptors (Lipinski definition) is 14. The molecule has 0 bridgehead atoms. The molecular formula is C41H67N7O7. The van der Waals surface area contributed by atoms with Gasteiger partial charge in [0.05, 0.1) is 62.3 Å². The molecule has 55 heavy (non-hydrogen) atoms. The van der Waals surface area contributed by atoms with Crippen molar-refractivity contribution in [2.24, 2.45) is 0 Å². The van der Waals surface area contributed by atoms with E-state index in [-0.39, 0.29) is 38.6 Å². The summed E-state index contributed by atoms with van der Waals surface area (Å²) in [6.45, 7) is 11.2. The predicted molar refractivity (Wildman–Crippen MR) is 214 cm³/mol. The van der Waals surface area contributed by atoms with Crippen LogP contribution >= 0.6 is 0 Å². The number of aromatic nitrogens is 3. The fraction of sp³-hybridized carbons (Fsp3) is 0.634. The number of nitrogen functional groups attached to an aromatic ring is 1. The largest absolute Gasteiger partial charge is 0.395 e. The molecule has 3 aromatic rings. The van der Waals surface area contributed by atoms with Crippen LogP contribution in [0.5, 0.6) is 0 Å². The van der Waals surface area contributed by atoms with Crippen LogP contribution in [0.3, 0.4) is 0 Å². The lowest BCUT2D eigenvalue weighted by molar-refractivity contribution is 0.110. The number of aliphatic hydroxyl groups excluding tert-OH is 4. The fourth-order valence-corrected chi connectivity index (χ4v) is 6.66. The first-order valence-electron chi connectivity index (χ1n) is 19.6. The molecule has 3 atom stereocenters. The van der Waals surface area contributed by atoms with Gasteiger partial charge in [-0.2, -0.15) is 0 Å². The Balaban J connectivity index is 0.000000210. The molecule has 3 fully saturated rings. The fourth-order valence-electron chi connectivity index (χ4n) is 6.66. The molecule has 3 unspecified atom stereocenters. The maximum Gasteiger partial charge on any atom is 0.123 e. The Morgan fingerprint density at radius 3 is 1.65 bits per heavy atom. The average Bonchev–Trinajstić information content (AvgIpc) is 3.99. The predicted octanol–water partition coefficient (Wildman–Crippen LogP) is 3.19. The van der Waals surface area contributed by atoms with Crippen LogP contribution in [0, 0.1) is 13.8 Å². The highest BCUT2D eigenvalue weighted by molar-refractivity contribution is 5.35. The van der Waals surface area contributed by atoms with Crippen LogP contribution in [0.15, 0.2) is 36.4 Å². The van der Waals surface area contributed by atoms with Crippen LogP contribution in [0.2, 0.25) is 0 Å². The van der Waals surface area contributed by atoms with Gasteiger partial charge in [0.15, 0.2) is 0 Å². The van der Waals surface area contributed by atoms with Crippen molar-refractivity contribution in [3.63, 3.8) is 0 Å². The minimum absolute atomic E-state index is 0.0213. The molecule has 6 rings (SSSR count). The van der Waals surface area contributed by atoms with Crippen LogP contribution in [-0.4, -0.2) is 132 Å². The standard InChI is InChI=1S/C14H22N2O2.C13H21N3O2.C11H15NO2.C3H9NO/c1-11-5-6-12(14-4-3-9-18-14)13(15-11)10-16(2)7-8-17;1-16(6-7-17)9-11-10(4-5-13(14)15-11)12-3-2-8-18-12;1-8-2-3-10(11(6-13)12-8)9-4-5-14-7-9;1-4-2-3-5/h5-6,14,17H,3-4,7-10H2,1-2H3;4-5,12,17H,2-3,6-9H2,1H3,(H2,14,15);2-3,9,13H,4-7H2,1H3;4-5H,2-3H2,1H3. The van der Waals surface area contributed by atoms with Crippen LogP contribution in [0.4, 0.5) is 5.82 Å². The normalized spacial score (nSPS) is 19.1. The Hall–Kier alpha value is -3.15. The molecule has 14 nitrogen and oxygen atoms in total. The topological polar surface area (TPSA) is 192 Å². The first-order chi connectivity index (χ1) is 26.6.